The fourth-order valence-corrected chi connectivity index (χ4v) is 3.33. The van der Waals surface area contributed by atoms with Gasteiger partial charge in [0.25, 0.3) is 0 Å². The minimum absolute atomic E-state index is 0.432. The summed E-state index contributed by atoms with van der Waals surface area (Å²) in [5.74, 6) is 1.90. The molecule has 1 saturated carbocycles. The van der Waals surface area contributed by atoms with Crippen molar-refractivity contribution in [2.45, 2.75) is 59.4 Å². The Kier molecular flexibility index (Phi) is 4.38. The lowest BCUT2D eigenvalue weighted by Crippen LogP contribution is -2.35. The van der Waals surface area contributed by atoms with Crippen LogP contribution < -0.4 is 5.32 Å². The Morgan fingerprint density at radius 1 is 1.16 bits per heavy atom. The quantitative estimate of drug-likeness (QED) is 0.831. The van der Waals surface area contributed by atoms with E-state index >= 15 is 0 Å². The molecule has 2 N–H and O–H groups in total. The van der Waals surface area contributed by atoms with E-state index in [-0.39, 0.29) is 0 Å². The Labute approximate surface area is 117 Å². The maximum absolute atomic E-state index is 10.1. The third kappa shape index (κ3) is 3.05. The molecule has 0 spiro atoms. The molecule has 1 aromatic carbocycles. The molecule has 2 rings (SSSR count). The van der Waals surface area contributed by atoms with Crippen molar-refractivity contribution in [2.75, 3.05) is 5.32 Å². The summed E-state index contributed by atoms with van der Waals surface area (Å²) in [5.41, 5.74) is 3.03. The van der Waals surface area contributed by atoms with E-state index in [1.165, 1.54) is 25.7 Å². The molecule has 0 aromatic heterocycles. The summed E-state index contributed by atoms with van der Waals surface area (Å²) in [7, 11) is 0. The number of phenolic OH excluding ortho intramolecular Hbond substituents is 1. The second kappa shape index (κ2) is 5.85. The lowest BCUT2D eigenvalue weighted by molar-refractivity contribution is 0.253. The average Bonchev–Trinajstić information content (AvgIpc) is 2.40. The Balaban J connectivity index is 2.17. The molecule has 1 aliphatic carbocycles. The Bertz CT molecular complexity index is 439. The highest BCUT2D eigenvalue weighted by atomic mass is 16.3. The molecule has 0 bridgehead atoms. The van der Waals surface area contributed by atoms with Gasteiger partial charge >= 0.3 is 0 Å². The molecule has 2 nitrogen and oxygen atoms in total. The summed E-state index contributed by atoms with van der Waals surface area (Å²) >= 11 is 0. The van der Waals surface area contributed by atoms with Gasteiger partial charge in [-0.25, -0.2) is 0 Å². The number of aryl methyl sites for hydroxylation is 1. The van der Waals surface area contributed by atoms with Crippen LogP contribution in [0.5, 0.6) is 5.75 Å². The van der Waals surface area contributed by atoms with Crippen molar-refractivity contribution in [3.05, 3.63) is 23.3 Å². The highest BCUT2D eigenvalue weighted by Crippen LogP contribution is 2.35. The van der Waals surface area contributed by atoms with Crippen LogP contribution in [0, 0.1) is 25.7 Å². The van der Waals surface area contributed by atoms with Crippen LogP contribution in [0.2, 0.25) is 0 Å². The highest BCUT2D eigenvalue weighted by molar-refractivity contribution is 5.59. The normalized spacial score (nSPS) is 23.6. The number of benzene rings is 1. The van der Waals surface area contributed by atoms with Crippen LogP contribution in [-0.4, -0.2) is 11.1 Å². The molecule has 2 heteroatoms. The molecular weight excluding hydrogens is 234 g/mol. The van der Waals surface area contributed by atoms with E-state index < -0.39 is 0 Å². The summed E-state index contributed by atoms with van der Waals surface area (Å²) in [5, 5.41) is 13.7. The van der Waals surface area contributed by atoms with Gasteiger partial charge in [0, 0.05) is 17.3 Å². The van der Waals surface area contributed by atoms with E-state index in [0.717, 1.165) is 28.7 Å². The van der Waals surface area contributed by atoms with Gasteiger partial charge in [0.05, 0.1) is 0 Å². The molecule has 0 aliphatic heterocycles. The summed E-state index contributed by atoms with van der Waals surface area (Å²) in [6, 6.07) is 4.66. The third-order valence-electron chi connectivity index (χ3n) is 4.65. The predicted molar refractivity (Wildman–Crippen MR) is 81.8 cm³/mol. The molecule has 1 aliphatic rings. The largest absolute Gasteiger partial charge is 0.507 e. The molecule has 0 radical (unpaired) electrons. The van der Waals surface area contributed by atoms with Gasteiger partial charge in [-0.15, -0.1) is 0 Å². The molecule has 0 amide bonds. The summed E-state index contributed by atoms with van der Waals surface area (Å²) in [6.07, 6.45) is 5.25. The molecule has 1 fully saturated rings. The molecule has 19 heavy (non-hydrogen) atoms. The zero-order chi connectivity index (χ0) is 14.0. The zero-order valence-electron chi connectivity index (χ0n) is 12.7. The summed E-state index contributed by atoms with van der Waals surface area (Å²) < 4.78 is 0. The number of phenols is 1. The standard InChI is InChI=1S/C17H27NO/c1-11(2)14-7-5-6-8-16(14)18-15-10-9-12(3)17(19)13(15)4/h9-11,14,16,18-19H,5-8H2,1-4H3. The predicted octanol–water partition coefficient (Wildman–Crippen LogP) is 4.64. The zero-order valence-corrected chi connectivity index (χ0v) is 12.7. The van der Waals surface area contributed by atoms with Gasteiger partial charge in [-0.3, -0.25) is 0 Å². The Hall–Kier alpha value is -1.18. The monoisotopic (exact) mass is 261 g/mol. The minimum atomic E-state index is 0.432. The highest BCUT2D eigenvalue weighted by Gasteiger charge is 2.27. The lowest BCUT2D eigenvalue weighted by Gasteiger charge is -2.36. The first kappa shape index (κ1) is 14.2. The maximum Gasteiger partial charge on any atom is 0.123 e. The van der Waals surface area contributed by atoms with E-state index in [1.54, 1.807) is 0 Å². The molecule has 2 unspecified atom stereocenters. The topological polar surface area (TPSA) is 32.3 Å². The smallest absolute Gasteiger partial charge is 0.123 e. The fourth-order valence-electron chi connectivity index (χ4n) is 3.33. The summed E-state index contributed by atoms with van der Waals surface area (Å²) in [6.45, 7) is 8.59. The van der Waals surface area contributed by atoms with E-state index in [9.17, 15) is 5.11 Å². The van der Waals surface area contributed by atoms with Gasteiger partial charge in [0.2, 0.25) is 0 Å². The first-order valence-electron chi connectivity index (χ1n) is 7.56. The molecule has 0 heterocycles. The van der Waals surface area contributed by atoms with E-state index in [1.807, 2.05) is 19.9 Å². The third-order valence-corrected chi connectivity index (χ3v) is 4.65. The SMILES string of the molecule is Cc1ccc(NC2CCCCC2C(C)C)c(C)c1O. The number of aromatic hydroxyl groups is 1. The van der Waals surface area contributed by atoms with Crippen molar-refractivity contribution in [2.24, 2.45) is 11.8 Å². The average molecular weight is 261 g/mol. The van der Waals surface area contributed by atoms with Crippen molar-refractivity contribution in [3.63, 3.8) is 0 Å². The number of rotatable bonds is 3. The Morgan fingerprint density at radius 2 is 1.84 bits per heavy atom. The van der Waals surface area contributed by atoms with Crippen molar-refractivity contribution >= 4 is 5.69 Å². The van der Waals surface area contributed by atoms with E-state index in [0.29, 0.717) is 11.8 Å². The number of anilines is 1. The fraction of sp³-hybridized carbons (Fsp3) is 0.647. The first-order chi connectivity index (χ1) is 9.00. The summed E-state index contributed by atoms with van der Waals surface area (Å²) in [4.78, 5) is 0. The molecular formula is C17H27NO. The molecule has 106 valence electrons. The molecule has 2 atom stereocenters. The van der Waals surface area contributed by atoms with Gasteiger partial charge in [-0.2, -0.15) is 0 Å². The first-order valence-corrected chi connectivity index (χ1v) is 7.56. The Morgan fingerprint density at radius 3 is 2.53 bits per heavy atom. The van der Waals surface area contributed by atoms with Crippen LogP contribution in [0.15, 0.2) is 12.1 Å². The van der Waals surface area contributed by atoms with Crippen molar-refractivity contribution < 1.29 is 5.11 Å². The van der Waals surface area contributed by atoms with Gasteiger partial charge in [-0.05, 0) is 50.2 Å². The van der Waals surface area contributed by atoms with Gasteiger partial charge in [-0.1, -0.05) is 32.8 Å². The van der Waals surface area contributed by atoms with Crippen LogP contribution in [0.3, 0.4) is 0 Å². The minimum Gasteiger partial charge on any atom is -0.507 e. The van der Waals surface area contributed by atoms with E-state index in [2.05, 4.69) is 25.2 Å². The van der Waals surface area contributed by atoms with Crippen molar-refractivity contribution in [1.29, 1.82) is 0 Å². The second-order valence-corrected chi connectivity index (χ2v) is 6.35. The van der Waals surface area contributed by atoms with Gasteiger partial charge < -0.3 is 10.4 Å². The number of hydrogen-bond acceptors (Lipinski definition) is 2. The molecule has 0 saturated heterocycles. The van der Waals surface area contributed by atoms with Crippen molar-refractivity contribution in [1.82, 2.24) is 0 Å². The van der Waals surface area contributed by atoms with Crippen LogP contribution in [0.1, 0.15) is 50.7 Å². The lowest BCUT2D eigenvalue weighted by atomic mass is 9.77. The number of nitrogens with one attached hydrogen (secondary N) is 1. The second-order valence-electron chi connectivity index (χ2n) is 6.35. The van der Waals surface area contributed by atoms with Crippen LogP contribution >= 0.6 is 0 Å². The van der Waals surface area contributed by atoms with Gasteiger partial charge in [0.1, 0.15) is 5.75 Å². The molecule has 1 aromatic rings. The van der Waals surface area contributed by atoms with Gasteiger partial charge in [0.15, 0.2) is 0 Å². The maximum atomic E-state index is 10.1. The van der Waals surface area contributed by atoms with Crippen molar-refractivity contribution in [3.8, 4) is 5.75 Å². The van der Waals surface area contributed by atoms with Crippen LogP contribution in [-0.2, 0) is 0 Å². The van der Waals surface area contributed by atoms with Crippen LogP contribution in [0.4, 0.5) is 5.69 Å². The number of hydrogen-bond donors (Lipinski definition) is 2. The van der Waals surface area contributed by atoms with E-state index in [4.69, 9.17) is 0 Å². The van der Waals surface area contributed by atoms with Crippen LogP contribution in [0.25, 0.3) is 0 Å².